The Labute approximate surface area is 123 Å². The fourth-order valence-corrected chi connectivity index (χ4v) is 2.60. The quantitative estimate of drug-likeness (QED) is 0.779. The van der Waals surface area contributed by atoms with Gasteiger partial charge in [0.2, 0.25) is 0 Å². The van der Waals surface area contributed by atoms with Crippen LogP contribution in [0, 0.1) is 5.82 Å². The molecule has 1 heterocycles. The van der Waals surface area contributed by atoms with Crippen molar-refractivity contribution >= 4 is 10.8 Å². The Morgan fingerprint density at radius 1 is 1.05 bits per heavy atom. The van der Waals surface area contributed by atoms with Crippen LogP contribution in [-0.4, -0.2) is 11.5 Å². The van der Waals surface area contributed by atoms with E-state index >= 15 is 0 Å². The Kier molecular flexibility index (Phi) is 3.93. The zero-order valence-corrected chi connectivity index (χ0v) is 11.9. The third-order valence-corrected chi connectivity index (χ3v) is 3.59. The molecule has 0 spiro atoms. The number of aromatic nitrogens is 1. The fourth-order valence-electron chi connectivity index (χ4n) is 2.60. The highest BCUT2D eigenvalue weighted by atomic mass is 19.1. The second-order valence-electron chi connectivity index (χ2n) is 4.96. The normalized spacial score (nSPS) is 12.5. The van der Waals surface area contributed by atoms with Crippen LogP contribution in [0.2, 0.25) is 0 Å². The lowest BCUT2D eigenvalue weighted by atomic mass is 9.98. The van der Waals surface area contributed by atoms with Crippen LogP contribution in [0.1, 0.15) is 24.2 Å². The molecule has 0 saturated carbocycles. The standard InChI is InChI=1S/C18H17FN2/c1-2-20-17(14-7-9-15(19)10-8-14)18-16-6-4-3-5-13(16)11-12-21-18/h3-12,17,20H,2H2,1H3. The molecule has 0 aliphatic heterocycles. The molecule has 1 atom stereocenters. The molecule has 1 unspecified atom stereocenters. The highest BCUT2D eigenvalue weighted by Crippen LogP contribution is 2.27. The number of hydrogen-bond donors (Lipinski definition) is 1. The summed E-state index contributed by atoms with van der Waals surface area (Å²) in [4.78, 5) is 4.57. The van der Waals surface area contributed by atoms with E-state index in [0.717, 1.165) is 28.6 Å². The zero-order chi connectivity index (χ0) is 14.7. The summed E-state index contributed by atoms with van der Waals surface area (Å²) in [6, 6.07) is 16.8. The molecule has 0 fully saturated rings. The smallest absolute Gasteiger partial charge is 0.123 e. The van der Waals surface area contributed by atoms with E-state index in [1.165, 1.54) is 12.1 Å². The molecule has 1 aromatic heterocycles. The van der Waals surface area contributed by atoms with Gasteiger partial charge in [0, 0.05) is 11.6 Å². The Bertz CT molecular complexity index is 732. The second-order valence-corrected chi connectivity index (χ2v) is 4.96. The molecule has 0 saturated heterocycles. The van der Waals surface area contributed by atoms with Gasteiger partial charge in [0.05, 0.1) is 11.7 Å². The van der Waals surface area contributed by atoms with Gasteiger partial charge in [0.15, 0.2) is 0 Å². The van der Waals surface area contributed by atoms with Gasteiger partial charge in [-0.3, -0.25) is 4.98 Å². The lowest BCUT2D eigenvalue weighted by molar-refractivity contribution is 0.608. The minimum absolute atomic E-state index is 0.0401. The first-order valence-corrected chi connectivity index (χ1v) is 7.12. The van der Waals surface area contributed by atoms with E-state index in [4.69, 9.17) is 0 Å². The van der Waals surface area contributed by atoms with Crippen LogP contribution >= 0.6 is 0 Å². The van der Waals surface area contributed by atoms with E-state index in [1.807, 2.05) is 36.5 Å². The van der Waals surface area contributed by atoms with Crippen molar-refractivity contribution in [2.75, 3.05) is 6.54 Å². The van der Waals surface area contributed by atoms with Crippen molar-refractivity contribution in [2.24, 2.45) is 0 Å². The van der Waals surface area contributed by atoms with Crippen LogP contribution in [0.5, 0.6) is 0 Å². The summed E-state index contributed by atoms with van der Waals surface area (Å²) in [5.41, 5.74) is 1.99. The van der Waals surface area contributed by atoms with Crippen LogP contribution in [-0.2, 0) is 0 Å². The summed E-state index contributed by atoms with van der Waals surface area (Å²) in [6.45, 7) is 2.87. The summed E-state index contributed by atoms with van der Waals surface area (Å²) in [5.74, 6) is -0.222. The first-order chi connectivity index (χ1) is 10.3. The van der Waals surface area contributed by atoms with Gasteiger partial charge in [0.1, 0.15) is 5.82 Å². The van der Waals surface area contributed by atoms with Gasteiger partial charge in [-0.05, 0) is 35.7 Å². The molecule has 0 aliphatic carbocycles. The van der Waals surface area contributed by atoms with Crippen LogP contribution in [0.3, 0.4) is 0 Å². The third-order valence-electron chi connectivity index (χ3n) is 3.59. The molecule has 2 nitrogen and oxygen atoms in total. The van der Waals surface area contributed by atoms with Crippen molar-refractivity contribution in [3.63, 3.8) is 0 Å². The maximum absolute atomic E-state index is 13.2. The van der Waals surface area contributed by atoms with Crippen molar-refractivity contribution < 1.29 is 4.39 Å². The van der Waals surface area contributed by atoms with Crippen molar-refractivity contribution in [1.29, 1.82) is 0 Å². The number of pyridine rings is 1. The average Bonchev–Trinajstić information content (AvgIpc) is 2.53. The fraction of sp³-hybridized carbons (Fsp3) is 0.167. The molecule has 0 bridgehead atoms. The minimum Gasteiger partial charge on any atom is -0.305 e. The van der Waals surface area contributed by atoms with Crippen molar-refractivity contribution in [3.05, 3.63) is 77.9 Å². The van der Waals surface area contributed by atoms with Gasteiger partial charge in [0.25, 0.3) is 0 Å². The molecule has 0 amide bonds. The summed E-state index contributed by atoms with van der Waals surface area (Å²) in [7, 11) is 0. The molecule has 21 heavy (non-hydrogen) atoms. The number of rotatable bonds is 4. The van der Waals surface area contributed by atoms with Gasteiger partial charge in [-0.2, -0.15) is 0 Å². The van der Waals surface area contributed by atoms with Crippen molar-refractivity contribution in [3.8, 4) is 0 Å². The summed E-state index contributed by atoms with van der Waals surface area (Å²) >= 11 is 0. The van der Waals surface area contributed by atoms with E-state index in [-0.39, 0.29) is 11.9 Å². The Balaban J connectivity index is 2.13. The zero-order valence-electron chi connectivity index (χ0n) is 11.9. The lowest BCUT2D eigenvalue weighted by Crippen LogP contribution is -2.23. The molecular formula is C18H17FN2. The van der Waals surface area contributed by atoms with Crippen LogP contribution in [0.4, 0.5) is 4.39 Å². The molecule has 106 valence electrons. The Morgan fingerprint density at radius 3 is 2.57 bits per heavy atom. The van der Waals surface area contributed by atoms with E-state index < -0.39 is 0 Å². The predicted molar refractivity (Wildman–Crippen MR) is 83.7 cm³/mol. The highest BCUT2D eigenvalue weighted by molar-refractivity contribution is 5.85. The molecule has 1 N–H and O–H groups in total. The van der Waals surface area contributed by atoms with Gasteiger partial charge >= 0.3 is 0 Å². The second kappa shape index (κ2) is 6.02. The largest absolute Gasteiger partial charge is 0.305 e. The summed E-state index contributed by atoms with van der Waals surface area (Å²) in [5, 5.41) is 5.72. The van der Waals surface area contributed by atoms with Gasteiger partial charge in [-0.15, -0.1) is 0 Å². The molecule has 3 rings (SSSR count). The van der Waals surface area contributed by atoms with Gasteiger partial charge in [-0.1, -0.05) is 43.3 Å². The van der Waals surface area contributed by atoms with E-state index in [9.17, 15) is 4.39 Å². The number of benzene rings is 2. The van der Waals surface area contributed by atoms with Crippen LogP contribution in [0.15, 0.2) is 60.8 Å². The molecule has 3 heteroatoms. The maximum Gasteiger partial charge on any atom is 0.123 e. The Morgan fingerprint density at radius 2 is 1.81 bits per heavy atom. The molecular weight excluding hydrogens is 263 g/mol. The lowest BCUT2D eigenvalue weighted by Gasteiger charge is -2.19. The Hall–Kier alpha value is -2.26. The first kappa shape index (κ1) is 13.7. The third kappa shape index (κ3) is 2.78. The van der Waals surface area contributed by atoms with E-state index in [0.29, 0.717) is 0 Å². The molecule has 2 aromatic carbocycles. The highest BCUT2D eigenvalue weighted by Gasteiger charge is 2.17. The predicted octanol–water partition coefficient (Wildman–Crippen LogP) is 4.07. The minimum atomic E-state index is -0.222. The first-order valence-electron chi connectivity index (χ1n) is 7.12. The topological polar surface area (TPSA) is 24.9 Å². The number of hydrogen-bond acceptors (Lipinski definition) is 2. The number of nitrogens with zero attached hydrogens (tertiary/aromatic N) is 1. The average molecular weight is 280 g/mol. The number of halogens is 1. The number of fused-ring (bicyclic) bond motifs is 1. The van der Waals surface area contributed by atoms with E-state index in [2.05, 4.69) is 29.4 Å². The number of nitrogens with one attached hydrogen (secondary N) is 1. The molecule has 0 aliphatic rings. The SMILES string of the molecule is CCNC(c1ccc(F)cc1)c1nccc2ccccc12. The monoisotopic (exact) mass is 280 g/mol. The van der Waals surface area contributed by atoms with Crippen molar-refractivity contribution in [2.45, 2.75) is 13.0 Å². The van der Waals surface area contributed by atoms with Gasteiger partial charge in [-0.25, -0.2) is 4.39 Å². The van der Waals surface area contributed by atoms with Crippen LogP contribution < -0.4 is 5.32 Å². The molecule has 0 radical (unpaired) electrons. The van der Waals surface area contributed by atoms with E-state index in [1.54, 1.807) is 0 Å². The summed E-state index contributed by atoms with van der Waals surface area (Å²) in [6.07, 6.45) is 1.82. The van der Waals surface area contributed by atoms with Crippen LogP contribution in [0.25, 0.3) is 10.8 Å². The molecule has 3 aromatic rings. The maximum atomic E-state index is 13.2. The summed E-state index contributed by atoms with van der Waals surface area (Å²) < 4.78 is 13.2. The van der Waals surface area contributed by atoms with Crippen molar-refractivity contribution in [1.82, 2.24) is 10.3 Å². The van der Waals surface area contributed by atoms with Gasteiger partial charge < -0.3 is 5.32 Å².